The van der Waals surface area contributed by atoms with Crippen LogP contribution in [0.3, 0.4) is 0 Å². The van der Waals surface area contributed by atoms with Crippen LogP contribution in [-0.4, -0.2) is 9.97 Å². The van der Waals surface area contributed by atoms with Crippen LogP contribution < -0.4 is 5.73 Å². The highest BCUT2D eigenvalue weighted by molar-refractivity contribution is 6.30. The molecule has 0 aromatic carbocycles. The Balaban J connectivity index is 2.88. The quantitative estimate of drug-likeness (QED) is 0.728. The fourth-order valence-corrected chi connectivity index (χ4v) is 1.50. The maximum Gasteiger partial charge on any atom is 0.131 e. The summed E-state index contributed by atoms with van der Waals surface area (Å²) in [5, 5.41) is 2.27. The number of rotatable bonds is 1. The van der Waals surface area contributed by atoms with E-state index in [4.69, 9.17) is 17.3 Å². The standard InChI is InChI=1S/C10H8ClN3/c1-2-7-8-5-13-9(11)3-6(8)4-14-10(7)12/h2-5H,1H2,(H2,12,14). The lowest BCUT2D eigenvalue weighted by molar-refractivity contribution is 1.32. The zero-order chi connectivity index (χ0) is 10.1. The summed E-state index contributed by atoms with van der Waals surface area (Å²) in [5.74, 6) is 0.455. The second kappa shape index (κ2) is 3.27. The number of aromatic nitrogens is 2. The van der Waals surface area contributed by atoms with E-state index in [0.29, 0.717) is 11.0 Å². The summed E-state index contributed by atoms with van der Waals surface area (Å²) in [5.41, 5.74) is 6.49. The first-order valence-corrected chi connectivity index (χ1v) is 4.42. The Morgan fingerprint density at radius 3 is 2.86 bits per heavy atom. The highest BCUT2D eigenvalue weighted by Gasteiger charge is 2.04. The maximum atomic E-state index is 5.76. The van der Waals surface area contributed by atoms with Crippen LogP contribution in [0, 0.1) is 0 Å². The number of pyridine rings is 2. The number of nitrogens with zero attached hydrogens (tertiary/aromatic N) is 2. The molecule has 0 aliphatic carbocycles. The lowest BCUT2D eigenvalue weighted by atomic mass is 10.1. The summed E-state index contributed by atoms with van der Waals surface area (Å²) in [6.45, 7) is 3.68. The van der Waals surface area contributed by atoms with Gasteiger partial charge < -0.3 is 5.73 Å². The van der Waals surface area contributed by atoms with Gasteiger partial charge in [0.1, 0.15) is 11.0 Å². The molecule has 0 fully saturated rings. The molecule has 0 aliphatic rings. The van der Waals surface area contributed by atoms with E-state index in [9.17, 15) is 0 Å². The van der Waals surface area contributed by atoms with Crippen molar-refractivity contribution >= 4 is 34.3 Å². The third-order valence-electron chi connectivity index (χ3n) is 2.02. The van der Waals surface area contributed by atoms with Crippen LogP contribution in [0.25, 0.3) is 16.8 Å². The molecule has 2 aromatic rings. The van der Waals surface area contributed by atoms with E-state index >= 15 is 0 Å². The monoisotopic (exact) mass is 205 g/mol. The summed E-state index contributed by atoms with van der Waals surface area (Å²) in [6, 6.07) is 1.75. The van der Waals surface area contributed by atoms with Gasteiger partial charge in [-0.1, -0.05) is 24.3 Å². The molecule has 2 heterocycles. The molecule has 4 heteroatoms. The molecule has 3 nitrogen and oxygen atoms in total. The normalized spacial score (nSPS) is 10.4. The zero-order valence-corrected chi connectivity index (χ0v) is 8.12. The molecular weight excluding hydrogens is 198 g/mol. The first-order valence-electron chi connectivity index (χ1n) is 4.04. The van der Waals surface area contributed by atoms with Gasteiger partial charge in [0.2, 0.25) is 0 Å². The van der Waals surface area contributed by atoms with Crippen molar-refractivity contribution in [3.05, 3.63) is 35.8 Å². The molecule has 0 aliphatic heterocycles. The Bertz CT molecular complexity index is 508. The first kappa shape index (κ1) is 8.97. The Morgan fingerprint density at radius 1 is 1.36 bits per heavy atom. The predicted molar refractivity (Wildman–Crippen MR) is 59.1 cm³/mol. The minimum atomic E-state index is 0.444. The molecule has 0 saturated carbocycles. The van der Waals surface area contributed by atoms with Crippen LogP contribution in [0.1, 0.15) is 5.56 Å². The van der Waals surface area contributed by atoms with Gasteiger partial charge in [-0.2, -0.15) is 0 Å². The molecule has 2 aromatic heterocycles. The number of hydrogen-bond acceptors (Lipinski definition) is 3. The van der Waals surface area contributed by atoms with Crippen molar-refractivity contribution in [1.82, 2.24) is 9.97 Å². The summed E-state index contributed by atoms with van der Waals surface area (Å²) in [7, 11) is 0. The first-order chi connectivity index (χ1) is 6.72. The van der Waals surface area contributed by atoms with Crippen LogP contribution in [0.2, 0.25) is 5.15 Å². The van der Waals surface area contributed by atoms with E-state index in [0.717, 1.165) is 16.3 Å². The Kier molecular flexibility index (Phi) is 2.09. The summed E-state index contributed by atoms with van der Waals surface area (Å²) in [4.78, 5) is 8.03. The smallest absolute Gasteiger partial charge is 0.131 e. The van der Waals surface area contributed by atoms with Crippen molar-refractivity contribution in [2.24, 2.45) is 0 Å². The molecule has 2 rings (SSSR count). The number of hydrogen-bond donors (Lipinski definition) is 1. The highest BCUT2D eigenvalue weighted by Crippen LogP contribution is 2.23. The van der Waals surface area contributed by atoms with Crippen LogP contribution in [0.4, 0.5) is 5.82 Å². The minimum absolute atomic E-state index is 0.444. The van der Waals surface area contributed by atoms with Gasteiger partial charge in [-0.15, -0.1) is 0 Å². The van der Waals surface area contributed by atoms with Gasteiger partial charge >= 0.3 is 0 Å². The van der Waals surface area contributed by atoms with Gasteiger partial charge in [-0.25, -0.2) is 9.97 Å². The van der Waals surface area contributed by atoms with Crippen LogP contribution in [0.15, 0.2) is 25.0 Å². The fourth-order valence-electron chi connectivity index (χ4n) is 1.34. The van der Waals surface area contributed by atoms with Gasteiger partial charge in [-0.05, 0) is 6.07 Å². The van der Waals surface area contributed by atoms with Gasteiger partial charge in [0.15, 0.2) is 0 Å². The number of fused-ring (bicyclic) bond motifs is 1. The van der Waals surface area contributed by atoms with Crippen molar-refractivity contribution < 1.29 is 0 Å². The van der Waals surface area contributed by atoms with Crippen LogP contribution in [-0.2, 0) is 0 Å². The molecule has 14 heavy (non-hydrogen) atoms. The van der Waals surface area contributed by atoms with E-state index in [2.05, 4.69) is 16.5 Å². The summed E-state index contributed by atoms with van der Waals surface area (Å²) in [6.07, 6.45) is 5.01. The average Bonchev–Trinajstić information content (AvgIpc) is 2.18. The van der Waals surface area contributed by atoms with Crippen molar-refractivity contribution in [2.75, 3.05) is 5.73 Å². The van der Waals surface area contributed by atoms with Gasteiger partial charge in [0.25, 0.3) is 0 Å². The van der Waals surface area contributed by atoms with Crippen molar-refractivity contribution in [2.45, 2.75) is 0 Å². The maximum absolute atomic E-state index is 5.76. The van der Waals surface area contributed by atoms with Gasteiger partial charge in [-0.3, -0.25) is 0 Å². The number of nitrogen functional groups attached to an aromatic ring is 1. The fraction of sp³-hybridized carbons (Fsp3) is 0. The molecule has 0 atom stereocenters. The average molecular weight is 206 g/mol. The van der Waals surface area contributed by atoms with Crippen molar-refractivity contribution in [1.29, 1.82) is 0 Å². The topological polar surface area (TPSA) is 51.8 Å². The minimum Gasteiger partial charge on any atom is -0.383 e. The van der Waals surface area contributed by atoms with E-state index < -0.39 is 0 Å². The third kappa shape index (κ3) is 1.32. The predicted octanol–water partition coefficient (Wildman–Crippen LogP) is 2.51. The molecule has 0 radical (unpaired) electrons. The zero-order valence-electron chi connectivity index (χ0n) is 7.37. The largest absolute Gasteiger partial charge is 0.383 e. The van der Waals surface area contributed by atoms with E-state index in [-0.39, 0.29) is 0 Å². The van der Waals surface area contributed by atoms with Crippen molar-refractivity contribution in [3.63, 3.8) is 0 Å². The molecule has 0 unspecified atom stereocenters. The van der Waals surface area contributed by atoms with Crippen molar-refractivity contribution in [3.8, 4) is 0 Å². The number of nitrogens with two attached hydrogens (primary N) is 1. The second-order valence-corrected chi connectivity index (χ2v) is 3.24. The Hall–Kier alpha value is -1.61. The number of anilines is 1. The molecule has 70 valence electrons. The summed E-state index contributed by atoms with van der Waals surface area (Å²) >= 11 is 5.76. The van der Waals surface area contributed by atoms with E-state index in [1.807, 2.05) is 0 Å². The van der Waals surface area contributed by atoms with Crippen LogP contribution >= 0.6 is 11.6 Å². The lowest BCUT2D eigenvalue weighted by Gasteiger charge is -2.04. The molecule has 0 bridgehead atoms. The van der Waals surface area contributed by atoms with Gasteiger partial charge in [0, 0.05) is 28.7 Å². The van der Waals surface area contributed by atoms with E-state index in [1.165, 1.54) is 0 Å². The Labute approximate surface area is 86.2 Å². The highest BCUT2D eigenvalue weighted by atomic mass is 35.5. The molecular formula is C10H8ClN3. The van der Waals surface area contributed by atoms with Gasteiger partial charge in [0.05, 0.1) is 0 Å². The molecule has 0 saturated heterocycles. The van der Waals surface area contributed by atoms with E-state index in [1.54, 1.807) is 24.5 Å². The molecule has 2 N–H and O–H groups in total. The SMILES string of the molecule is C=Cc1c(N)ncc2cc(Cl)ncc12. The third-order valence-corrected chi connectivity index (χ3v) is 2.22. The molecule has 0 amide bonds. The number of halogens is 1. The molecule has 0 spiro atoms. The summed E-state index contributed by atoms with van der Waals surface area (Å²) < 4.78 is 0. The van der Waals surface area contributed by atoms with Crippen LogP contribution in [0.5, 0.6) is 0 Å². The lowest BCUT2D eigenvalue weighted by Crippen LogP contribution is -1.94. The Morgan fingerprint density at radius 2 is 2.14 bits per heavy atom. The second-order valence-electron chi connectivity index (χ2n) is 2.86.